The first-order chi connectivity index (χ1) is 16.1. The number of alkyl carbamates (subject to hydrolysis) is 1. The summed E-state index contributed by atoms with van der Waals surface area (Å²) in [6.45, 7) is 7.54. The number of nitrogens with zero attached hydrogens (tertiary/aromatic N) is 2. The molecule has 0 fully saturated rings. The van der Waals surface area contributed by atoms with Crippen LogP contribution in [0.2, 0.25) is 0 Å². The molecule has 0 saturated heterocycles. The fourth-order valence-corrected chi connectivity index (χ4v) is 3.26. The highest BCUT2D eigenvalue weighted by Gasteiger charge is 2.25. The van der Waals surface area contributed by atoms with E-state index in [1.165, 1.54) is 30.1 Å². The molecule has 1 atom stereocenters. The molecule has 1 heterocycles. The van der Waals surface area contributed by atoms with Gasteiger partial charge in [0.15, 0.2) is 0 Å². The van der Waals surface area contributed by atoms with E-state index in [4.69, 9.17) is 9.47 Å². The summed E-state index contributed by atoms with van der Waals surface area (Å²) in [7, 11) is 1.25. The van der Waals surface area contributed by atoms with E-state index in [1.807, 2.05) is 0 Å². The minimum Gasteiger partial charge on any atom is -0.465 e. The summed E-state index contributed by atoms with van der Waals surface area (Å²) in [6.07, 6.45) is 4.48. The third kappa shape index (κ3) is 7.86. The van der Waals surface area contributed by atoms with Crippen LogP contribution in [0.5, 0.6) is 0 Å². The molecule has 0 aliphatic rings. The number of hydrogen-bond acceptors (Lipinski definition) is 7. The number of ether oxygens (including phenoxy) is 2. The number of nitrogens with one attached hydrogen (secondary N) is 2. The Balaban J connectivity index is 2.28. The second-order valence-corrected chi connectivity index (χ2v) is 8.98. The van der Waals surface area contributed by atoms with Crippen molar-refractivity contribution in [2.24, 2.45) is 0 Å². The average molecular weight is 475 g/mol. The second kappa shape index (κ2) is 12.2. The summed E-state index contributed by atoms with van der Waals surface area (Å²) in [5, 5.41) is 5.56. The van der Waals surface area contributed by atoms with Gasteiger partial charge in [0.2, 0.25) is 5.91 Å². The third-order valence-electron chi connectivity index (χ3n) is 4.96. The van der Waals surface area contributed by atoms with E-state index < -0.39 is 35.2 Å². The molecule has 0 radical (unpaired) electrons. The fraction of sp³-hybridized carbons (Fsp3) is 0.542. The molecule has 0 saturated carbocycles. The fourth-order valence-electron chi connectivity index (χ4n) is 3.26. The summed E-state index contributed by atoms with van der Waals surface area (Å²) in [6, 6.07) is 3.40. The molecule has 0 bridgehead atoms. The van der Waals surface area contributed by atoms with Crippen LogP contribution in [0.1, 0.15) is 63.7 Å². The van der Waals surface area contributed by atoms with Gasteiger partial charge in [-0.2, -0.15) is 0 Å². The Hall–Kier alpha value is -3.43. The number of amides is 2. The molecule has 0 aliphatic heterocycles. The molecule has 2 rings (SSSR count). The van der Waals surface area contributed by atoms with Crippen LogP contribution in [-0.2, 0) is 20.8 Å². The van der Waals surface area contributed by atoms with Gasteiger partial charge in [0, 0.05) is 6.54 Å². The quantitative estimate of drug-likeness (QED) is 0.400. The molecule has 0 aliphatic carbocycles. The molecule has 1 aromatic heterocycles. The van der Waals surface area contributed by atoms with Crippen molar-refractivity contribution in [1.29, 1.82) is 0 Å². The summed E-state index contributed by atoms with van der Waals surface area (Å²) >= 11 is 0. The highest BCUT2D eigenvalue weighted by atomic mass is 16.6. The zero-order chi connectivity index (χ0) is 25.3. The molecule has 10 nitrogen and oxygen atoms in total. The number of aromatic nitrogens is 2. The molecule has 2 aromatic rings. The van der Waals surface area contributed by atoms with E-state index in [0.717, 1.165) is 25.7 Å². The van der Waals surface area contributed by atoms with Gasteiger partial charge in [-0.15, -0.1) is 0 Å². The highest BCUT2D eigenvalue weighted by Crippen LogP contribution is 2.12. The molecule has 1 aromatic carbocycles. The zero-order valence-corrected chi connectivity index (χ0v) is 20.5. The lowest BCUT2D eigenvalue weighted by Gasteiger charge is -2.23. The van der Waals surface area contributed by atoms with Gasteiger partial charge in [0.05, 0.1) is 36.4 Å². The Labute approximate surface area is 199 Å². The average Bonchev–Trinajstić information content (AvgIpc) is 2.78. The van der Waals surface area contributed by atoms with Crippen LogP contribution in [0, 0.1) is 0 Å². The SMILES string of the molecule is CCCCCCNC(=O)C(Cn1cnc2ccc(C(=O)OC)cc2c1=O)NC(=O)OC(C)(C)C. The first-order valence-electron chi connectivity index (χ1n) is 11.4. The summed E-state index contributed by atoms with van der Waals surface area (Å²) in [5.74, 6) is -1.01. The van der Waals surface area contributed by atoms with Crippen molar-refractivity contribution in [3.05, 3.63) is 40.4 Å². The molecule has 34 heavy (non-hydrogen) atoms. The first kappa shape index (κ1) is 26.8. The second-order valence-electron chi connectivity index (χ2n) is 8.98. The normalized spacial score (nSPS) is 12.1. The number of methoxy groups -OCH3 is 1. The molecular weight excluding hydrogens is 440 g/mol. The standard InChI is InChI=1S/C24H34N4O6/c1-6-7-8-9-12-25-20(29)19(27-23(32)34-24(2,3)4)14-28-15-26-18-11-10-16(22(31)33-5)13-17(18)21(28)30/h10-11,13,15,19H,6-9,12,14H2,1-5H3,(H,25,29)(H,27,32). The monoisotopic (exact) mass is 474 g/mol. The van der Waals surface area contributed by atoms with Gasteiger partial charge in [0.1, 0.15) is 11.6 Å². The van der Waals surface area contributed by atoms with Crippen molar-refractivity contribution >= 4 is 28.9 Å². The van der Waals surface area contributed by atoms with E-state index >= 15 is 0 Å². The minimum absolute atomic E-state index is 0.162. The summed E-state index contributed by atoms with van der Waals surface area (Å²) in [4.78, 5) is 54.4. The van der Waals surface area contributed by atoms with Crippen molar-refractivity contribution < 1.29 is 23.9 Å². The lowest BCUT2D eigenvalue weighted by Crippen LogP contribution is -2.51. The smallest absolute Gasteiger partial charge is 0.408 e. The van der Waals surface area contributed by atoms with E-state index in [-0.39, 0.29) is 17.5 Å². The zero-order valence-electron chi connectivity index (χ0n) is 20.5. The van der Waals surface area contributed by atoms with Crippen molar-refractivity contribution in [3.8, 4) is 0 Å². The number of rotatable bonds is 10. The van der Waals surface area contributed by atoms with Gasteiger partial charge in [-0.3, -0.25) is 14.2 Å². The molecule has 0 spiro atoms. The van der Waals surface area contributed by atoms with E-state index in [9.17, 15) is 19.2 Å². The molecule has 2 amide bonds. The number of unbranched alkanes of at least 4 members (excludes halogenated alkanes) is 3. The van der Waals surface area contributed by atoms with E-state index in [2.05, 4.69) is 22.5 Å². The Morgan fingerprint density at radius 3 is 2.53 bits per heavy atom. The Kier molecular flexibility index (Phi) is 9.58. The molecule has 2 N–H and O–H groups in total. The maximum absolute atomic E-state index is 13.1. The topological polar surface area (TPSA) is 129 Å². The van der Waals surface area contributed by atoms with Gasteiger partial charge in [0.25, 0.3) is 5.56 Å². The predicted octanol–water partition coefficient (Wildman–Crippen LogP) is 2.77. The van der Waals surface area contributed by atoms with Crippen LogP contribution in [0.4, 0.5) is 4.79 Å². The Morgan fingerprint density at radius 2 is 1.88 bits per heavy atom. The number of carbonyl (C=O) groups is 3. The molecular formula is C24H34N4O6. The van der Waals surface area contributed by atoms with Crippen molar-refractivity contribution in [2.45, 2.75) is 71.6 Å². The van der Waals surface area contributed by atoms with Crippen LogP contribution in [0.25, 0.3) is 10.9 Å². The van der Waals surface area contributed by atoms with Gasteiger partial charge >= 0.3 is 12.1 Å². The van der Waals surface area contributed by atoms with E-state index in [0.29, 0.717) is 12.1 Å². The molecule has 1 unspecified atom stereocenters. The van der Waals surface area contributed by atoms with Gasteiger partial charge < -0.3 is 20.1 Å². The van der Waals surface area contributed by atoms with Gasteiger partial charge in [-0.1, -0.05) is 26.2 Å². The van der Waals surface area contributed by atoms with Crippen LogP contribution in [-0.4, -0.2) is 52.8 Å². The Bertz CT molecular complexity index is 1070. The van der Waals surface area contributed by atoms with Crippen molar-refractivity contribution in [2.75, 3.05) is 13.7 Å². The maximum atomic E-state index is 13.1. The summed E-state index contributed by atoms with van der Waals surface area (Å²) in [5.41, 5.74) is -0.606. The van der Waals surface area contributed by atoms with Crippen molar-refractivity contribution in [3.63, 3.8) is 0 Å². The number of hydrogen-bond donors (Lipinski definition) is 2. The number of fused-ring (bicyclic) bond motifs is 1. The highest BCUT2D eigenvalue weighted by molar-refractivity contribution is 5.94. The van der Waals surface area contributed by atoms with Crippen LogP contribution >= 0.6 is 0 Å². The van der Waals surface area contributed by atoms with Crippen LogP contribution < -0.4 is 16.2 Å². The number of esters is 1. The molecule has 186 valence electrons. The van der Waals surface area contributed by atoms with Gasteiger partial charge in [-0.05, 0) is 45.4 Å². The van der Waals surface area contributed by atoms with Crippen LogP contribution in [0.3, 0.4) is 0 Å². The number of carbonyl (C=O) groups excluding carboxylic acids is 3. The number of benzene rings is 1. The predicted molar refractivity (Wildman–Crippen MR) is 128 cm³/mol. The Morgan fingerprint density at radius 1 is 1.15 bits per heavy atom. The molecule has 10 heteroatoms. The van der Waals surface area contributed by atoms with Crippen LogP contribution in [0.15, 0.2) is 29.3 Å². The summed E-state index contributed by atoms with van der Waals surface area (Å²) < 4.78 is 11.2. The lowest BCUT2D eigenvalue weighted by molar-refractivity contribution is -0.123. The van der Waals surface area contributed by atoms with Gasteiger partial charge in [-0.25, -0.2) is 14.6 Å². The maximum Gasteiger partial charge on any atom is 0.408 e. The lowest BCUT2D eigenvalue weighted by atomic mass is 10.1. The minimum atomic E-state index is -1.07. The first-order valence-corrected chi connectivity index (χ1v) is 11.4. The van der Waals surface area contributed by atoms with E-state index in [1.54, 1.807) is 26.8 Å². The largest absolute Gasteiger partial charge is 0.465 e. The van der Waals surface area contributed by atoms with Crippen molar-refractivity contribution in [1.82, 2.24) is 20.2 Å². The third-order valence-corrected chi connectivity index (χ3v) is 4.96.